The van der Waals surface area contributed by atoms with E-state index in [-0.39, 0.29) is 6.61 Å². The molecule has 0 aliphatic carbocycles. The summed E-state index contributed by atoms with van der Waals surface area (Å²) >= 11 is 5.91. The van der Waals surface area contributed by atoms with Crippen molar-refractivity contribution < 1.29 is 5.11 Å². The van der Waals surface area contributed by atoms with Crippen molar-refractivity contribution in [2.24, 2.45) is 0 Å². The molecule has 1 aromatic carbocycles. The first-order valence-corrected chi connectivity index (χ1v) is 3.91. The van der Waals surface area contributed by atoms with Crippen molar-refractivity contribution in [1.82, 2.24) is 10.2 Å². The molecule has 0 atom stereocenters. The highest BCUT2D eigenvalue weighted by Gasteiger charge is 2.02. The summed E-state index contributed by atoms with van der Waals surface area (Å²) in [4.78, 5) is 0. The second-order valence-electron chi connectivity index (χ2n) is 2.57. The number of hydrogen-bond acceptors (Lipinski definition) is 2. The molecule has 2 rings (SSSR count). The number of fused-ring (bicyclic) bond motifs is 1. The van der Waals surface area contributed by atoms with Crippen molar-refractivity contribution in [2.45, 2.75) is 6.61 Å². The number of aromatic amines is 1. The molecule has 12 heavy (non-hydrogen) atoms. The van der Waals surface area contributed by atoms with Gasteiger partial charge in [0.2, 0.25) is 0 Å². The van der Waals surface area contributed by atoms with Gasteiger partial charge in [-0.25, -0.2) is 0 Å². The molecule has 1 aromatic heterocycles. The SMILES string of the molecule is OCc1cc(Cl)c2cn[nH]c2c1. The average Bonchev–Trinajstić information content (AvgIpc) is 2.52. The number of benzene rings is 1. The molecule has 0 bridgehead atoms. The predicted octanol–water partition coefficient (Wildman–Crippen LogP) is 1.71. The van der Waals surface area contributed by atoms with Gasteiger partial charge in [-0.05, 0) is 17.7 Å². The normalized spacial score (nSPS) is 10.8. The Labute approximate surface area is 74.0 Å². The molecule has 62 valence electrons. The van der Waals surface area contributed by atoms with Crippen molar-refractivity contribution in [3.63, 3.8) is 0 Å². The van der Waals surface area contributed by atoms with Crippen LogP contribution in [0.15, 0.2) is 18.3 Å². The van der Waals surface area contributed by atoms with Crippen molar-refractivity contribution >= 4 is 22.5 Å². The molecule has 3 nitrogen and oxygen atoms in total. The lowest BCUT2D eigenvalue weighted by Gasteiger charge is -1.97. The number of H-pyrrole nitrogens is 1. The topological polar surface area (TPSA) is 48.9 Å². The molecular formula is C8H7ClN2O. The third kappa shape index (κ3) is 1.07. The summed E-state index contributed by atoms with van der Waals surface area (Å²) in [7, 11) is 0. The van der Waals surface area contributed by atoms with Crippen LogP contribution in [0.4, 0.5) is 0 Å². The number of aliphatic hydroxyl groups is 1. The molecule has 0 aliphatic rings. The predicted molar refractivity (Wildman–Crippen MR) is 47.0 cm³/mol. The summed E-state index contributed by atoms with van der Waals surface area (Å²) in [5.41, 5.74) is 1.64. The molecule has 2 aromatic rings. The molecule has 0 aliphatic heterocycles. The lowest BCUT2D eigenvalue weighted by molar-refractivity contribution is 0.282. The van der Waals surface area contributed by atoms with E-state index in [0.29, 0.717) is 5.02 Å². The Morgan fingerprint density at radius 3 is 3.08 bits per heavy atom. The van der Waals surface area contributed by atoms with Gasteiger partial charge in [0.15, 0.2) is 0 Å². The largest absolute Gasteiger partial charge is 0.392 e. The van der Waals surface area contributed by atoms with Crippen LogP contribution in [0.3, 0.4) is 0 Å². The highest BCUT2D eigenvalue weighted by atomic mass is 35.5. The molecule has 0 unspecified atom stereocenters. The van der Waals surface area contributed by atoms with Gasteiger partial charge in [-0.3, -0.25) is 5.10 Å². The summed E-state index contributed by atoms with van der Waals surface area (Å²) in [6.07, 6.45) is 1.67. The minimum atomic E-state index is -0.00528. The van der Waals surface area contributed by atoms with Crippen LogP contribution in [0.1, 0.15) is 5.56 Å². The molecule has 0 radical (unpaired) electrons. The van der Waals surface area contributed by atoms with Gasteiger partial charge in [0.1, 0.15) is 0 Å². The van der Waals surface area contributed by atoms with Gasteiger partial charge < -0.3 is 5.11 Å². The molecule has 0 amide bonds. The summed E-state index contributed by atoms with van der Waals surface area (Å²) in [5.74, 6) is 0. The number of nitrogens with one attached hydrogen (secondary N) is 1. The number of hydrogen-bond donors (Lipinski definition) is 2. The maximum atomic E-state index is 8.87. The van der Waals surface area contributed by atoms with Crippen LogP contribution in [-0.4, -0.2) is 15.3 Å². The van der Waals surface area contributed by atoms with E-state index in [9.17, 15) is 0 Å². The zero-order valence-corrected chi connectivity index (χ0v) is 6.97. The number of halogens is 1. The van der Waals surface area contributed by atoms with Crippen LogP contribution < -0.4 is 0 Å². The zero-order valence-electron chi connectivity index (χ0n) is 6.21. The van der Waals surface area contributed by atoms with Gasteiger partial charge in [-0.2, -0.15) is 5.10 Å². The summed E-state index contributed by atoms with van der Waals surface area (Å²) in [6.45, 7) is -0.00528. The minimum absolute atomic E-state index is 0.00528. The summed E-state index contributed by atoms with van der Waals surface area (Å²) < 4.78 is 0. The molecule has 1 heterocycles. The third-order valence-electron chi connectivity index (χ3n) is 1.75. The Balaban J connectivity index is 2.75. The standard InChI is InChI=1S/C8H7ClN2O/c9-7-1-5(4-12)2-8-6(7)3-10-11-8/h1-3,12H,4H2,(H,10,11). The van der Waals surface area contributed by atoms with E-state index in [4.69, 9.17) is 16.7 Å². The van der Waals surface area contributed by atoms with E-state index in [1.807, 2.05) is 6.07 Å². The fourth-order valence-electron chi connectivity index (χ4n) is 1.16. The lowest BCUT2D eigenvalue weighted by atomic mass is 10.2. The summed E-state index contributed by atoms with van der Waals surface area (Å²) in [6, 6.07) is 3.56. The Morgan fingerprint density at radius 1 is 1.50 bits per heavy atom. The fourth-order valence-corrected chi connectivity index (χ4v) is 1.45. The van der Waals surface area contributed by atoms with Crippen molar-refractivity contribution in [3.05, 3.63) is 28.9 Å². The van der Waals surface area contributed by atoms with E-state index >= 15 is 0 Å². The number of aromatic nitrogens is 2. The van der Waals surface area contributed by atoms with E-state index in [1.54, 1.807) is 12.3 Å². The van der Waals surface area contributed by atoms with E-state index in [1.165, 1.54) is 0 Å². The Hall–Kier alpha value is -1.06. The van der Waals surface area contributed by atoms with Crippen LogP contribution in [0.2, 0.25) is 5.02 Å². The van der Waals surface area contributed by atoms with Crippen molar-refractivity contribution in [3.8, 4) is 0 Å². The molecule has 0 fully saturated rings. The van der Waals surface area contributed by atoms with Crippen LogP contribution >= 0.6 is 11.6 Å². The first kappa shape index (κ1) is 7.58. The molecule has 0 saturated heterocycles. The van der Waals surface area contributed by atoms with Crippen molar-refractivity contribution in [2.75, 3.05) is 0 Å². The van der Waals surface area contributed by atoms with Gasteiger partial charge >= 0.3 is 0 Å². The fraction of sp³-hybridized carbons (Fsp3) is 0.125. The van der Waals surface area contributed by atoms with Crippen LogP contribution in [-0.2, 0) is 6.61 Å². The number of aliphatic hydroxyl groups excluding tert-OH is 1. The van der Waals surface area contributed by atoms with E-state index < -0.39 is 0 Å². The lowest BCUT2D eigenvalue weighted by Crippen LogP contribution is -1.82. The Morgan fingerprint density at radius 2 is 2.33 bits per heavy atom. The molecule has 0 saturated carbocycles. The number of nitrogens with zero attached hydrogens (tertiary/aromatic N) is 1. The second-order valence-corrected chi connectivity index (χ2v) is 2.97. The molecule has 0 spiro atoms. The highest BCUT2D eigenvalue weighted by Crippen LogP contribution is 2.23. The van der Waals surface area contributed by atoms with E-state index in [0.717, 1.165) is 16.5 Å². The first-order valence-electron chi connectivity index (χ1n) is 3.53. The quantitative estimate of drug-likeness (QED) is 0.706. The molecule has 2 N–H and O–H groups in total. The highest BCUT2D eigenvalue weighted by molar-refractivity contribution is 6.35. The van der Waals surface area contributed by atoms with Crippen LogP contribution in [0, 0.1) is 0 Å². The zero-order chi connectivity index (χ0) is 8.55. The molecular weight excluding hydrogens is 176 g/mol. The van der Waals surface area contributed by atoms with Crippen molar-refractivity contribution in [1.29, 1.82) is 0 Å². The van der Waals surface area contributed by atoms with Crippen LogP contribution in [0.5, 0.6) is 0 Å². The Bertz CT molecular complexity index is 410. The number of rotatable bonds is 1. The monoisotopic (exact) mass is 182 g/mol. The third-order valence-corrected chi connectivity index (χ3v) is 2.06. The Kier molecular flexibility index (Phi) is 1.75. The minimum Gasteiger partial charge on any atom is -0.392 e. The van der Waals surface area contributed by atoms with Gasteiger partial charge in [-0.1, -0.05) is 11.6 Å². The van der Waals surface area contributed by atoms with Gasteiger partial charge in [0, 0.05) is 5.39 Å². The second kappa shape index (κ2) is 2.77. The van der Waals surface area contributed by atoms with E-state index in [2.05, 4.69) is 10.2 Å². The first-order chi connectivity index (χ1) is 5.81. The van der Waals surface area contributed by atoms with Gasteiger partial charge in [-0.15, -0.1) is 0 Å². The smallest absolute Gasteiger partial charge is 0.0683 e. The molecule has 4 heteroatoms. The maximum Gasteiger partial charge on any atom is 0.0683 e. The van der Waals surface area contributed by atoms with Gasteiger partial charge in [0.05, 0.1) is 23.3 Å². The summed E-state index contributed by atoms with van der Waals surface area (Å²) in [5, 5.41) is 17.0. The van der Waals surface area contributed by atoms with Crippen LogP contribution in [0.25, 0.3) is 10.9 Å². The maximum absolute atomic E-state index is 8.87. The average molecular weight is 183 g/mol. The van der Waals surface area contributed by atoms with Gasteiger partial charge in [0.25, 0.3) is 0 Å².